The van der Waals surface area contributed by atoms with Gasteiger partial charge in [0.25, 0.3) is 11.6 Å². The van der Waals surface area contributed by atoms with Crippen LogP contribution in [0.25, 0.3) is 0 Å². The predicted octanol–water partition coefficient (Wildman–Crippen LogP) is 0.481. The number of carbonyl (C=O) groups excluding carboxylic acids is 2. The van der Waals surface area contributed by atoms with E-state index in [-0.39, 0.29) is 29.4 Å². The summed E-state index contributed by atoms with van der Waals surface area (Å²) in [4.78, 5) is 37.4. The molecule has 0 bridgehead atoms. The number of hydrogen-bond acceptors (Lipinski definition) is 5. The van der Waals surface area contributed by atoms with Crippen LogP contribution in [0.1, 0.15) is 16.8 Å². The molecule has 2 rings (SSSR count). The molecule has 1 heterocycles. The number of nitro groups is 1. The first-order valence-corrected chi connectivity index (χ1v) is 6.47. The second kappa shape index (κ2) is 5.78. The summed E-state index contributed by atoms with van der Waals surface area (Å²) in [5, 5.41) is 10.8. The minimum absolute atomic E-state index is 0.0442. The van der Waals surface area contributed by atoms with Crippen LogP contribution >= 0.6 is 0 Å². The number of non-ortho nitro benzene ring substituents is 1. The third-order valence-corrected chi connectivity index (χ3v) is 3.44. The Balaban J connectivity index is 2.29. The minimum atomic E-state index is -0.586. The molecular weight excluding hydrogens is 276 g/mol. The van der Waals surface area contributed by atoms with Gasteiger partial charge in [-0.25, -0.2) is 0 Å². The summed E-state index contributed by atoms with van der Waals surface area (Å²) in [6.07, 6.45) is 0.656. The van der Waals surface area contributed by atoms with Gasteiger partial charge in [0.15, 0.2) is 0 Å². The molecule has 2 N–H and O–H groups in total. The lowest BCUT2D eigenvalue weighted by Crippen LogP contribution is -2.38. The SMILES string of the molecule is CN1CCCN(C(=O)c2cc([N+](=O)[O-])ccc2N)CC1=O. The summed E-state index contributed by atoms with van der Waals surface area (Å²) in [5.41, 5.74) is 5.75. The Morgan fingerprint density at radius 3 is 2.76 bits per heavy atom. The summed E-state index contributed by atoms with van der Waals surface area (Å²) in [6.45, 7) is 0.946. The van der Waals surface area contributed by atoms with Crippen molar-refractivity contribution in [3.8, 4) is 0 Å². The van der Waals surface area contributed by atoms with Crippen molar-refractivity contribution in [2.75, 3.05) is 32.4 Å². The van der Waals surface area contributed by atoms with Crippen molar-refractivity contribution in [3.63, 3.8) is 0 Å². The zero-order chi connectivity index (χ0) is 15.6. The van der Waals surface area contributed by atoms with Crippen LogP contribution in [0.4, 0.5) is 11.4 Å². The molecule has 1 aliphatic heterocycles. The average molecular weight is 292 g/mol. The van der Waals surface area contributed by atoms with E-state index in [9.17, 15) is 19.7 Å². The van der Waals surface area contributed by atoms with Gasteiger partial charge in [0.2, 0.25) is 5.91 Å². The van der Waals surface area contributed by atoms with Crippen LogP contribution in [0.5, 0.6) is 0 Å². The van der Waals surface area contributed by atoms with E-state index in [1.54, 1.807) is 11.9 Å². The second-order valence-corrected chi connectivity index (χ2v) is 4.92. The van der Waals surface area contributed by atoms with Crippen LogP contribution in [-0.4, -0.2) is 53.2 Å². The van der Waals surface area contributed by atoms with Crippen molar-refractivity contribution in [1.29, 1.82) is 0 Å². The molecular formula is C13H16N4O4. The fourth-order valence-corrected chi connectivity index (χ4v) is 2.17. The summed E-state index contributed by atoms with van der Waals surface area (Å²) >= 11 is 0. The normalized spacial score (nSPS) is 15.8. The molecule has 1 fully saturated rings. The molecule has 0 aromatic heterocycles. The lowest BCUT2D eigenvalue weighted by atomic mass is 10.1. The zero-order valence-corrected chi connectivity index (χ0v) is 11.6. The molecule has 0 spiro atoms. The van der Waals surface area contributed by atoms with Crippen molar-refractivity contribution in [2.24, 2.45) is 0 Å². The van der Waals surface area contributed by atoms with Crippen molar-refractivity contribution in [1.82, 2.24) is 9.80 Å². The molecule has 2 amide bonds. The van der Waals surface area contributed by atoms with Crippen LogP contribution in [0.15, 0.2) is 18.2 Å². The Morgan fingerprint density at radius 1 is 1.38 bits per heavy atom. The maximum absolute atomic E-state index is 12.5. The van der Waals surface area contributed by atoms with Gasteiger partial charge in [-0.3, -0.25) is 19.7 Å². The van der Waals surface area contributed by atoms with E-state index in [1.807, 2.05) is 0 Å². The van der Waals surface area contributed by atoms with Crippen molar-refractivity contribution in [3.05, 3.63) is 33.9 Å². The molecule has 0 atom stereocenters. The third-order valence-electron chi connectivity index (χ3n) is 3.44. The standard InChI is InChI=1S/C13H16N4O4/c1-15-5-2-6-16(8-12(15)18)13(19)10-7-9(17(20)21)3-4-11(10)14/h3-4,7H,2,5-6,8,14H2,1H3. The Hall–Kier alpha value is -2.64. The number of nitro benzene ring substituents is 1. The highest BCUT2D eigenvalue weighted by Gasteiger charge is 2.26. The van der Waals surface area contributed by atoms with Crippen LogP contribution in [0, 0.1) is 10.1 Å². The van der Waals surface area contributed by atoms with E-state index < -0.39 is 10.8 Å². The van der Waals surface area contributed by atoms with Crippen LogP contribution in [-0.2, 0) is 4.79 Å². The maximum Gasteiger partial charge on any atom is 0.270 e. The highest BCUT2D eigenvalue weighted by Crippen LogP contribution is 2.21. The van der Waals surface area contributed by atoms with Crippen molar-refractivity contribution < 1.29 is 14.5 Å². The number of nitrogens with two attached hydrogens (primary N) is 1. The van der Waals surface area contributed by atoms with Gasteiger partial charge < -0.3 is 15.5 Å². The van der Waals surface area contributed by atoms with E-state index in [4.69, 9.17) is 5.73 Å². The molecule has 1 aromatic carbocycles. The Bertz CT molecular complexity index is 602. The van der Waals surface area contributed by atoms with Gasteiger partial charge in [-0.15, -0.1) is 0 Å². The fraction of sp³-hybridized carbons (Fsp3) is 0.385. The Labute approximate surface area is 121 Å². The molecule has 8 heteroatoms. The number of rotatable bonds is 2. The molecule has 0 aliphatic carbocycles. The first kappa shape index (κ1) is 14.8. The number of amides is 2. The molecule has 0 radical (unpaired) electrons. The zero-order valence-electron chi connectivity index (χ0n) is 11.6. The molecule has 0 unspecified atom stereocenters. The second-order valence-electron chi connectivity index (χ2n) is 4.92. The first-order chi connectivity index (χ1) is 9.90. The van der Waals surface area contributed by atoms with Gasteiger partial charge in [-0.1, -0.05) is 0 Å². The summed E-state index contributed by atoms with van der Waals surface area (Å²) in [5.74, 6) is -0.621. The monoisotopic (exact) mass is 292 g/mol. The molecule has 1 saturated heterocycles. The lowest BCUT2D eigenvalue weighted by Gasteiger charge is -2.20. The Kier molecular flexibility index (Phi) is 4.06. The van der Waals surface area contributed by atoms with Crippen LogP contribution < -0.4 is 5.73 Å². The van der Waals surface area contributed by atoms with Crippen LogP contribution in [0.3, 0.4) is 0 Å². The minimum Gasteiger partial charge on any atom is -0.398 e. The highest BCUT2D eigenvalue weighted by molar-refractivity contribution is 6.01. The number of nitrogens with zero attached hydrogens (tertiary/aromatic N) is 3. The molecule has 8 nitrogen and oxygen atoms in total. The fourth-order valence-electron chi connectivity index (χ4n) is 2.17. The molecule has 0 saturated carbocycles. The third kappa shape index (κ3) is 3.10. The number of carbonyl (C=O) groups is 2. The molecule has 1 aliphatic rings. The number of benzene rings is 1. The van der Waals surface area contributed by atoms with Crippen molar-refractivity contribution in [2.45, 2.75) is 6.42 Å². The van der Waals surface area contributed by atoms with Gasteiger partial charge in [-0.2, -0.15) is 0 Å². The van der Waals surface area contributed by atoms with E-state index in [1.165, 1.54) is 17.0 Å². The first-order valence-electron chi connectivity index (χ1n) is 6.47. The van der Waals surface area contributed by atoms with Gasteiger partial charge in [0, 0.05) is 38.0 Å². The lowest BCUT2D eigenvalue weighted by molar-refractivity contribution is -0.384. The van der Waals surface area contributed by atoms with E-state index in [0.717, 1.165) is 6.07 Å². The molecule has 1 aromatic rings. The molecule has 21 heavy (non-hydrogen) atoms. The maximum atomic E-state index is 12.5. The number of anilines is 1. The van der Waals surface area contributed by atoms with Gasteiger partial charge in [0.1, 0.15) is 6.54 Å². The van der Waals surface area contributed by atoms with Gasteiger partial charge in [-0.05, 0) is 12.5 Å². The number of nitrogen functional groups attached to an aromatic ring is 1. The van der Waals surface area contributed by atoms with Crippen molar-refractivity contribution >= 4 is 23.2 Å². The topological polar surface area (TPSA) is 110 Å². The number of hydrogen-bond donors (Lipinski definition) is 1. The Morgan fingerprint density at radius 2 is 2.10 bits per heavy atom. The van der Waals surface area contributed by atoms with Gasteiger partial charge >= 0.3 is 0 Å². The highest BCUT2D eigenvalue weighted by atomic mass is 16.6. The predicted molar refractivity (Wildman–Crippen MR) is 75.7 cm³/mol. The van der Waals surface area contributed by atoms with E-state index in [2.05, 4.69) is 0 Å². The van der Waals surface area contributed by atoms with Gasteiger partial charge in [0.05, 0.1) is 10.5 Å². The summed E-state index contributed by atoms with van der Waals surface area (Å²) < 4.78 is 0. The van der Waals surface area contributed by atoms with E-state index in [0.29, 0.717) is 19.5 Å². The average Bonchev–Trinajstić information content (AvgIpc) is 2.61. The summed E-state index contributed by atoms with van der Waals surface area (Å²) in [6, 6.07) is 3.72. The smallest absolute Gasteiger partial charge is 0.270 e. The van der Waals surface area contributed by atoms with E-state index >= 15 is 0 Å². The summed E-state index contributed by atoms with van der Waals surface area (Å²) in [7, 11) is 1.68. The largest absolute Gasteiger partial charge is 0.398 e. The quantitative estimate of drug-likeness (QED) is 0.484. The van der Waals surface area contributed by atoms with Crippen LogP contribution in [0.2, 0.25) is 0 Å². The molecule has 112 valence electrons. The number of likely N-dealkylation sites (N-methyl/N-ethyl adjacent to an activating group) is 1.